The number of nitrogens with zero attached hydrogens (tertiary/aromatic N) is 4. The lowest BCUT2D eigenvalue weighted by Gasteiger charge is -2.35. The average molecular weight is 326 g/mol. The van der Waals surface area contributed by atoms with Crippen LogP contribution in [0.4, 0.5) is 10.2 Å². The maximum Gasteiger partial charge on any atom is 0.289 e. The molecule has 1 fully saturated rings. The van der Waals surface area contributed by atoms with Gasteiger partial charge in [-0.1, -0.05) is 0 Å². The summed E-state index contributed by atoms with van der Waals surface area (Å²) >= 11 is 0. The van der Waals surface area contributed by atoms with E-state index in [2.05, 4.69) is 14.9 Å². The van der Waals surface area contributed by atoms with Gasteiger partial charge in [-0.2, -0.15) is 0 Å². The molecule has 0 unspecified atom stereocenters. The second kappa shape index (κ2) is 5.92. The van der Waals surface area contributed by atoms with Crippen molar-refractivity contribution in [3.8, 4) is 0 Å². The highest BCUT2D eigenvalue weighted by Crippen LogP contribution is 2.24. The standard InChI is InChI=1S/C17H15FN4O2/c18-12-3-4-13-14(10-12)19-11-20-16(13)21-5-7-22(8-6-21)17(23)15-2-1-9-24-15/h1-4,9-11H,5-8H2. The van der Waals surface area contributed by atoms with Crippen LogP contribution >= 0.6 is 0 Å². The van der Waals surface area contributed by atoms with Crippen molar-refractivity contribution in [2.45, 2.75) is 0 Å². The van der Waals surface area contributed by atoms with Gasteiger partial charge < -0.3 is 14.2 Å². The highest BCUT2D eigenvalue weighted by molar-refractivity contribution is 5.92. The molecule has 1 saturated heterocycles. The van der Waals surface area contributed by atoms with E-state index >= 15 is 0 Å². The molecule has 1 amide bonds. The molecule has 6 nitrogen and oxygen atoms in total. The molecule has 3 aromatic rings. The molecule has 2 aromatic heterocycles. The Morgan fingerprint density at radius 2 is 1.96 bits per heavy atom. The number of fused-ring (bicyclic) bond motifs is 1. The van der Waals surface area contributed by atoms with Gasteiger partial charge in [-0.15, -0.1) is 0 Å². The minimum atomic E-state index is -0.319. The summed E-state index contributed by atoms with van der Waals surface area (Å²) in [5.74, 6) is 0.701. The van der Waals surface area contributed by atoms with Gasteiger partial charge >= 0.3 is 0 Å². The van der Waals surface area contributed by atoms with Gasteiger partial charge in [0.15, 0.2) is 5.76 Å². The Hall–Kier alpha value is -2.96. The Kier molecular flexibility index (Phi) is 3.60. The predicted molar refractivity (Wildman–Crippen MR) is 86.3 cm³/mol. The number of hydrogen-bond acceptors (Lipinski definition) is 5. The number of anilines is 1. The van der Waals surface area contributed by atoms with Gasteiger partial charge in [-0.3, -0.25) is 4.79 Å². The fourth-order valence-electron chi connectivity index (χ4n) is 2.95. The monoisotopic (exact) mass is 326 g/mol. The maximum absolute atomic E-state index is 13.4. The van der Waals surface area contributed by atoms with Crippen LogP contribution in [0.2, 0.25) is 0 Å². The first-order chi connectivity index (χ1) is 11.7. The molecule has 0 atom stereocenters. The highest BCUT2D eigenvalue weighted by atomic mass is 19.1. The largest absolute Gasteiger partial charge is 0.459 e. The zero-order valence-corrected chi connectivity index (χ0v) is 12.9. The second-order valence-corrected chi connectivity index (χ2v) is 5.62. The van der Waals surface area contributed by atoms with E-state index in [0.717, 1.165) is 11.2 Å². The number of amides is 1. The molecule has 0 radical (unpaired) electrons. The molecular formula is C17H15FN4O2. The van der Waals surface area contributed by atoms with Crippen LogP contribution in [0.5, 0.6) is 0 Å². The molecule has 4 rings (SSSR count). The third-order valence-corrected chi connectivity index (χ3v) is 4.18. The Labute approximate surface area is 137 Å². The van der Waals surface area contributed by atoms with Crippen LogP contribution in [0.25, 0.3) is 10.9 Å². The Bertz CT molecular complexity index is 873. The Morgan fingerprint density at radius 3 is 2.71 bits per heavy atom. The lowest BCUT2D eigenvalue weighted by Crippen LogP contribution is -2.49. The summed E-state index contributed by atoms with van der Waals surface area (Å²) < 4.78 is 18.5. The molecule has 0 bridgehead atoms. The van der Waals surface area contributed by atoms with E-state index in [9.17, 15) is 9.18 Å². The quantitative estimate of drug-likeness (QED) is 0.723. The van der Waals surface area contributed by atoms with Crippen LogP contribution < -0.4 is 4.90 Å². The first-order valence-electron chi connectivity index (χ1n) is 7.70. The molecule has 1 aliphatic rings. The summed E-state index contributed by atoms with van der Waals surface area (Å²) in [5.41, 5.74) is 0.578. The predicted octanol–water partition coefficient (Wildman–Crippen LogP) is 2.32. The van der Waals surface area contributed by atoms with Gasteiger partial charge in [0.2, 0.25) is 0 Å². The minimum absolute atomic E-state index is 0.103. The lowest BCUT2D eigenvalue weighted by molar-refractivity contribution is 0.0714. The van der Waals surface area contributed by atoms with Crippen molar-refractivity contribution in [1.82, 2.24) is 14.9 Å². The summed E-state index contributed by atoms with van der Waals surface area (Å²) in [4.78, 5) is 24.6. The number of benzene rings is 1. The minimum Gasteiger partial charge on any atom is -0.459 e. The van der Waals surface area contributed by atoms with Gasteiger partial charge in [0, 0.05) is 37.6 Å². The van der Waals surface area contributed by atoms with Gasteiger partial charge in [0.05, 0.1) is 11.8 Å². The van der Waals surface area contributed by atoms with Crippen LogP contribution in [0, 0.1) is 5.82 Å². The van der Waals surface area contributed by atoms with Gasteiger partial charge in [-0.05, 0) is 24.3 Å². The average Bonchev–Trinajstić information content (AvgIpc) is 3.15. The van der Waals surface area contributed by atoms with E-state index < -0.39 is 0 Å². The topological polar surface area (TPSA) is 62.5 Å². The summed E-state index contributed by atoms with van der Waals surface area (Å²) in [6, 6.07) is 7.88. The van der Waals surface area contributed by atoms with Crippen LogP contribution in [-0.4, -0.2) is 47.0 Å². The molecule has 3 heterocycles. The SMILES string of the molecule is O=C(c1ccco1)N1CCN(c2ncnc3cc(F)ccc23)CC1. The fourth-order valence-corrected chi connectivity index (χ4v) is 2.95. The smallest absolute Gasteiger partial charge is 0.289 e. The Morgan fingerprint density at radius 1 is 1.12 bits per heavy atom. The van der Waals surface area contributed by atoms with Gasteiger partial charge in [0.1, 0.15) is 18.0 Å². The first kappa shape index (κ1) is 14.6. The number of furan rings is 1. The third kappa shape index (κ3) is 2.58. The molecule has 1 aromatic carbocycles. The van der Waals surface area contributed by atoms with Crippen molar-refractivity contribution in [2.24, 2.45) is 0 Å². The number of rotatable bonds is 2. The number of hydrogen-bond donors (Lipinski definition) is 0. The lowest BCUT2D eigenvalue weighted by atomic mass is 10.2. The maximum atomic E-state index is 13.4. The molecule has 0 saturated carbocycles. The van der Waals surface area contributed by atoms with Gasteiger partial charge in [0.25, 0.3) is 5.91 Å². The van der Waals surface area contributed by atoms with Crippen molar-refractivity contribution in [3.05, 3.63) is 54.5 Å². The molecular weight excluding hydrogens is 311 g/mol. The molecule has 122 valence electrons. The van der Waals surface area contributed by atoms with Crippen molar-refractivity contribution in [3.63, 3.8) is 0 Å². The molecule has 24 heavy (non-hydrogen) atoms. The Balaban J connectivity index is 1.53. The van der Waals surface area contributed by atoms with E-state index in [0.29, 0.717) is 37.5 Å². The fraction of sp³-hybridized carbons (Fsp3) is 0.235. The number of halogens is 1. The van der Waals surface area contributed by atoms with E-state index in [1.54, 1.807) is 23.1 Å². The van der Waals surface area contributed by atoms with E-state index in [1.807, 2.05) is 0 Å². The molecule has 7 heteroatoms. The van der Waals surface area contributed by atoms with E-state index in [4.69, 9.17) is 4.42 Å². The van der Waals surface area contributed by atoms with Crippen molar-refractivity contribution < 1.29 is 13.6 Å². The number of carbonyl (C=O) groups is 1. The van der Waals surface area contributed by atoms with E-state index in [-0.39, 0.29) is 11.7 Å². The zero-order chi connectivity index (χ0) is 16.5. The summed E-state index contributed by atoms with van der Waals surface area (Å²) in [5, 5.41) is 0.810. The van der Waals surface area contributed by atoms with Crippen molar-refractivity contribution in [1.29, 1.82) is 0 Å². The number of piperazine rings is 1. The molecule has 0 spiro atoms. The van der Waals surface area contributed by atoms with Crippen LogP contribution in [-0.2, 0) is 0 Å². The first-order valence-corrected chi connectivity index (χ1v) is 7.70. The summed E-state index contributed by atoms with van der Waals surface area (Å²) in [6.07, 6.45) is 2.94. The highest BCUT2D eigenvalue weighted by Gasteiger charge is 2.25. The molecule has 1 aliphatic heterocycles. The normalized spacial score (nSPS) is 15.0. The van der Waals surface area contributed by atoms with Crippen molar-refractivity contribution in [2.75, 3.05) is 31.1 Å². The van der Waals surface area contributed by atoms with E-state index in [1.165, 1.54) is 24.7 Å². The van der Waals surface area contributed by atoms with Gasteiger partial charge in [-0.25, -0.2) is 14.4 Å². The van der Waals surface area contributed by atoms with Crippen molar-refractivity contribution >= 4 is 22.6 Å². The number of aromatic nitrogens is 2. The summed E-state index contributed by atoms with van der Waals surface area (Å²) in [6.45, 7) is 2.45. The van der Waals surface area contributed by atoms with Crippen LogP contribution in [0.15, 0.2) is 47.3 Å². The number of carbonyl (C=O) groups excluding carboxylic acids is 1. The van der Waals surface area contributed by atoms with Crippen LogP contribution in [0.3, 0.4) is 0 Å². The molecule has 0 N–H and O–H groups in total. The summed E-state index contributed by atoms with van der Waals surface area (Å²) in [7, 11) is 0. The third-order valence-electron chi connectivity index (χ3n) is 4.18. The second-order valence-electron chi connectivity index (χ2n) is 5.62. The molecule has 0 aliphatic carbocycles. The van der Waals surface area contributed by atoms with Crippen LogP contribution in [0.1, 0.15) is 10.6 Å². The zero-order valence-electron chi connectivity index (χ0n) is 12.9.